The van der Waals surface area contributed by atoms with Crippen molar-refractivity contribution >= 4 is 11.9 Å². The molecule has 5 nitrogen and oxygen atoms in total. The van der Waals surface area contributed by atoms with Crippen LogP contribution >= 0.6 is 0 Å². The van der Waals surface area contributed by atoms with Gasteiger partial charge in [0.15, 0.2) is 0 Å². The predicted octanol–water partition coefficient (Wildman–Crippen LogP) is 7.42. The number of hydroxylamine groups is 1. The van der Waals surface area contributed by atoms with Crippen molar-refractivity contribution in [3.63, 3.8) is 0 Å². The molecule has 0 saturated carbocycles. The summed E-state index contributed by atoms with van der Waals surface area (Å²) in [5, 5.41) is 0. The molecule has 1 unspecified atom stereocenters. The van der Waals surface area contributed by atoms with E-state index in [0.29, 0.717) is 19.4 Å². The van der Waals surface area contributed by atoms with Gasteiger partial charge in [-0.1, -0.05) is 97.3 Å². The number of unbranched alkanes of at least 4 members (excludes halogenated alkanes) is 13. The van der Waals surface area contributed by atoms with Gasteiger partial charge in [-0.25, -0.2) is 0 Å². The molecule has 0 bridgehead atoms. The van der Waals surface area contributed by atoms with Gasteiger partial charge in [-0.05, 0) is 32.6 Å². The second-order valence-corrected chi connectivity index (χ2v) is 8.95. The summed E-state index contributed by atoms with van der Waals surface area (Å²) in [5.41, 5.74) is 2.89. The zero-order valence-electron chi connectivity index (χ0n) is 20.9. The Labute approximate surface area is 192 Å². The van der Waals surface area contributed by atoms with Crippen molar-refractivity contribution in [1.82, 2.24) is 5.48 Å². The summed E-state index contributed by atoms with van der Waals surface area (Å²) in [5.74, 6) is -0.171. The average molecular weight is 442 g/mol. The third-order valence-corrected chi connectivity index (χ3v) is 5.64. The first kappa shape index (κ1) is 29.9. The van der Waals surface area contributed by atoms with Crippen LogP contribution in [0.4, 0.5) is 0 Å². The fraction of sp³-hybridized carbons (Fsp3) is 0.923. The maximum Gasteiger partial charge on any atom is 0.324 e. The third kappa shape index (κ3) is 23.4. The molecule has 0 aromatic rings. The Bertz CT molecular complexity index is 414. The number of esters is 1. The Kier molecular flexibility index (Phi) is 22.7. The highest BCUT2D eigenvalue weighted by Gasteiger charge is 2.07. The van der Waals surface area contributed by atoms with Crippen LogP contribution in [0.15, 0.2) is 0 Å². The quantitative estimate of drug-likeness (QED) is 0.101. The van der Waals surface area contributed by atoms with Gasteiger partial charge >= 0.3 is 11.9 Å². The van der Waals surface area contributed by atoms with E-state index in [4.69, 9.17) is 9.57 Å². The van der Waals surface area contributed by atoms with Crippen molar-refractivity contribution in [2.45, 2.75) is 149 Å². The lowest BCUT2D eigenvalue weighted by molar-refractivity contribution is -0.153. The van der Waals surface area contributed by atoms with E-state index in [0.717, 1.165) is 51.4 Å². The number of hydrogen-bond acceptors (Lipinski definition) is 5. The first-order valence-electron chi connectivity index (χ1n) is 13.2. The number of carbonyl (C=O) groups excluding carboxylic acids is 2. The van der Waals surface area contributed by atoms with E-state index in [-0.39, 0.29) is 18.0 Å². The van der Waals surface area contributed by atoms with Gasteiger partial charge in [0.25, 0.3) is 0 Å². The van der Waals surface area contributed by atoms with Crippen molar-refractivity contribution in [2.24, 2.45) is 0 Å². The molecule has 0 heterocycles. The molecule has 0 aliphatic rings. The molecule has 1 N–H and O–H groups in total. The normalized spacial score (nSPS) is 12.0. The highest BCUT2D eigenvalue weighted by Crippen LogP contribution is 2.10. The lowest BCUT2D eigenvalue weighted by atomic mass is 10.1. The summed E-state index contributed by atoms with van der Waals surface area (Å²) in [6.07, 6.45) is 20.4. The second kappa shape index (κ2) is 23.6. The standard InChI is InChI=1S/C26H51NO4/c1-4-6-8-12-17-21-25(28)30-23-19-15-11-10-14-16-20-24(3)27-31-26(29)22-18-13-9-7-5-2/h24,27H,4-23H2,1-3H3. The van der Waals surface area contributed by atoms with Crippen LogP contribution < -0.4 is 5.48 Å². The van der Waals surface area contributed by atoms with E-state index in [1.807, 2.05) is 0 Å². The summed E-state index contributed by atoms with van der Waals surface area (Å²) >= 11 is 0. The maximum atomic E-state index is 11.7. The fourth-order valence-corrected chi connectivity index (χ4v) is 3.54. The molecule has 0 saturated heterocycles. The smallest absolute Gasteiger partial charge is 0.324 e. The SMILES string of the molecule is CCCCCCCC(=O)OCCCCCCCCC(C)NOC(=O)CCCCCCC. The summed E-state index contributed by atoms with van der Waals surface area (Å²) < 4.78 is 5.31. The topological polar surface area (TPSA) is 64.6 Å². The monoisotopic (exact) mass is 441 g/mol. The van der Waals surface area contributed by atoms with E-state index in [2.05, 4.69) is 26.3 Å². The van der Waals surface area contributed by atoms with Crippen molar-refractivity contribution in [1.29, 1.82) is 0 Å². The van der Waals surface area contributed by atoms with Gasteiger partial charge in [-0.3, -0.25) is 9.59 Å². The van der Waals surface area contributed by atoms with Crippen molar-refractivity contribution < 1.29 is 19.2 Å². The lowest BCUT2D eigenvalue weighted by Gasteiger charge is -2.13. The molecule has 0 aliphatic heterocycles. The van der Waals surface area contributed by atoms with Crippen molar-refractivity contribution in [3.05, 3.63) is 0 Å². The largest absolute Gasteiger partial charge is 0.466 e. The third-order valence-electron chi connectivity index (χ3n) is 5.64. The van der Waals surface area contributed by atoms with Crippen molar-refractivity contribution in [2.75, 3.05) is 6.61 Å². The Morgan fingerprint density at radius 2 is 1.13 bits per heavy atom. The van der Waals surface area contributed by atoms with E-state index >= 15 is 0 Å². The molecule has 5 heteroatoms. The van der Waals surface area contributed by atoms with Gasteiger partial charge in [0.2, 0.25) is 0 Å². The molecule has 1 atom stereocenters. The van der Waals surface area contributed by atoms with E-state index in [9.17, 15) is 9.59 Å². The molecule has 0 amide bonds. The molecule has 0 aromatic heterocycles. The Hall–Kier alpha value is -1.10. The summed E-state index contributed by atoms with van der Waals surface area (Å²) in [7, 11) is 0. The molecular formula is C26H51NO4. The zero-order valence-corrected chi connectivity index (χ0v) is 20.9. The number of nitrogens with one attached hydrogen (secondary N) is 1. The maximum absolute atomic E-state index is 11.7. The number of carbonyl (C=O) groups is 2. The highest BCUT2D eigenvalue weighted by molar-refractivity contribution is 5.69. The highest BCUT2D eigenvalue weighted by atomic mass is 16.7. The number of rotatable bonds is 23. The van der Waals surface area contributed by atoms with Gasteiger partial charge in [0, 0.05) is 18.9 Å². The summed E-state index contributed by atoms with van der Waals surface area (Å²) in [6, 6.07) is 0.199. The molecular weight excluding hydrogens is 390 g/mol. The van der Waals surface area contributed by atoms with Gasteiger partial charge in [-0.15, -0.1) is 0 Å². The van der Waals surface area contributed by atoms with Crippen LogP contribution in [0.1, 0.15) is 143 Å². The van der Waals surface area contributed by atoms with E-state index < -0.39 is 0 Å². The van der Waals surface area contributed by atoms with E-state index in [1.165, 1.54) is 57.8 Å². The van der Waals surface area contributed by atoms with Gasteiger partial charge < -0.3 is 9.57 Å². The van der Waals surface area contributed by atoms with Crippen molar-refractivity contribution in [3.8, 4) is 0 Å². The summed E-state index contributed by atoms with van der Waals surface area (Å²) in [6.45, 7) is 7.02. The number of ether oxygens (including phenoxy) is 1. The molecule has 0 spiro atoms. The Morgan fingerprint density at radius 3 is 1.74 bits per heavy atom. The Balaban J connectivity index is 3.35. The molecule has 0 fully saturated rings. The van der Waals surface area contributed by atoms with Crippen LogP contribution in [0.2, 0.25) is 0 Å². The van der Waals surface area contributed by atoms with Crippen LogP contribution in [0, 0.1) is 0 Å². The minimum atomic E-state index is -0.138. The van der Waals surface area contributed by atoms with Gasteiger partial charge in [0.1, 0.15) is 0 Å². The van der Waals surface area contributed by atoms with E-state index in [1.54, 1.807) is 0 Å². The predicted molar refractivity (Wildman–Crippen MR) is 129 cm³/mol. The van der Waals surface area contributed by atoms with Gasteiger partial charge in [0.05, 0.1) is 6.61 Å². The first-order valence-corrected chi connectivity index (χ1v) is 13.2. The Morgan fingerprint density at radius 1 is 0.645 bits per heavy atom. The minimum absolute atomic E-state index is 0.0322. The van der Waals surface area contributed by atoms with Crippen LogP contribution in [-0.4, -0.2) is 24.6 Å². The molecule has 31 heavy (non-hydrogen) atoms. The van der Waals surface area contributed by atoms with Crippen LogP contribution in [0.5, 0.6) is 0 Å². The molecule has 184 valence electrons. The summed E-state index contributed by atoms with van der Waals surface area (Å²) in [4.78, 5) is 28.5. The number of hydrogen-bond donors (Lipinski definition) is 1. The molecule has 0 radical (unpaired) electrons. The van der Waals surface area contributed by atoms with Crippen LogP contribution in [-0.2, 0) is 19.2 Å². The lowest BCUT2D eigenvalue weighted by Crippen LogP contribution is -2.29. The first-order chi connectivity index (χ1) is 15.1. The zero-order chi connectivity index (χ0) is 23.0. The minimum Gasteiger partial charge on any atom is -0.466 e. The molecule has 0 rings (SSSR count). The van der Waals surface area contributed by atoms with Crippen LogP contribution in [0.25, 0.3) is 0 Å². The fourth-order valence-electron chi connectivity index (χ4n) is 3.54. The van der Waals surface area contributed by atoms with Gasteiger partial charge in [-0.2, -0.15) is 5.48 Å². The average Bonchev–Trinajstić information content (AvgIpc) is 2.76. The van der Waals surface area contributed by atoms with Crippen LogP contribution in [0.3, 0.4) is 0 Å². The molecule has 0 aliphatic carbocycles. The second-order valence-electron chi connectivity index (χ2n) is 8.95. The molecule has 0 aromatic carbocycles.